The van der Waals surface area contributed by atoms with Gasteiger partial charge in [0.2, 0.25) is 0 Å². The first-order chi connectivity index (χ1) is 11.7. The molecule has 0 heterocycles. The van der Waals surface area contributed by atoms with E-state index in [9.17, 15) is 22.8 Å². The van der Waals surface area contributed by atoms with E-state index in [-0.39, 0.29) is 16.9 Å². The van der Waals surface area contributed by atoms with Gasteiger partial charge in [0.05, 0.1) is 24.0 Å². The molecule has 0 saturated carbocycles. The maximum absolute atomic E-state index is 12.7. The van der Waals surface area contributed by atoms with Crippen molar-refractivity contribution in [2.45, 2.75) is 11.1 Å². The summed E-state index contributed by atoms with van der Waals surface area (Å²) >= 11 is 1.02. The zero-order valence-corrected chi connectivity index (χ0v) is 13.8. The van der Waals surface area contributed by atoms with Crippen LogP contribution in [-0.4, -0.2) is 29.7 Å². The number of carboxylic acids is 1. The fraction of sp³-hybridized carbons (Fsp3) is 0.176. The van der Waals surface area contributed by atoms with Gasteiger partial charge in [-0.3, -0.25) is 4.79 Å². The Labute approximate surface area is 145 Å². The lowest BCUT2D eigenvalue weighted by atomic mass is 10.1. The van der Waals surface area contributed by atoms with Gasteiger partial charge in [-0.15, -0.1) is 11.8 Å². The molecule has 0 aliphatic rings. The zero-order chi connectivity index (χ0) is 18.6. The van der Waals surface area contributed by atoms with Crippen molar-refractivity contribution in [3.8, 4) is 5.75 Å². The number of carbonyl (C=O) groups is 2. The van der Waals surface area contributed by atoms with Gasteiger partial charge in [-0.05, 0) is 30.3 Å². The fourth-order valence-electron chi connectivity index (χ4n) is 2.00. The topological polar surface area (TPSA) is 63.6 Å². The van der Waals surface area contributed by atoms with Crippen LogP contribution in [0.3, 0.4) is 0 Å². The molecule has 0 atom stereocenters. The first-order valence-corrected chi connectivity index (χ1v) is 7.95. The van der Waals surface area contributed by atoms with E-state index >= 15 is 0 Å². The second-order valence-corrected chi connectivity index (χ2v) is 6.04. The Morgan fingerprint density at radius 1 is 1.12 bits per heavy atom. The van der Waals surface area contributed by atoms with Crippen LogP contribution >= 0.6 is 11.8 Å². The summed E-state index contributed by atoms with van der Waals surface area (Å²) in [5, 5.41) is 9.05. The first kappa shape index (κ1) is 18.9. The highest BCUT2D eigenvalue weighted by molar-refractivity contribution is 8.00. The minimum Gasteiger partial charge on any atom is -0.497 e. The lowest BCUT2D eigenvalue weighted by molar-refractivity contribution is -0.137. The number of carbonyl (C=O) groups excluding carboxylic acids is 1. The average molecular weight is 370 g/mol. The van der Waals surface area contributed by atoms with Gasteiger partial charge in [0.1, 0.15) is 5.75 Å². The number of aromatic carboxylic acids is 1. The molecule has 1 N–H and O–H groups in total. The highest BCUT2D eigenvalue weighted by Gasteiger charge is 2.30. The summed E-state index contributed by atoms with van der Waals surface area (Å²) in [4.78, 5) is 23.7. The largest absolute Gasteiger partial charge is 0.497 e. The molecule has 0 unspecified atom stereocenters. The number of thioether (sulfide) groups is 1. The van der Waals surface area contributed by atoms with Crippen LogP contribution in [0.2, 0.25) is 0 Å². The van der Waals surface area contributed by atoms with Gasteiger partial charge in [-0.1, -0.05) is 12.1 Å². The second-order valence-electron chi connectivity index (χ2n) is 4.99. The van der Waals surface area contributed by atoms with Crippen LogP contribution < -0.4 is 4.74 Å². The number of halogens is 3. The predicted molar refractivity (Wildman–Crippen MR) is 86.5 cm³/mol. The van der Waals surface area contributed by atoms with E-state index in [4.69, 9.17) is 9.84 Å². The van der Waals surface area contributed by atoms with E-state index in [1.165, 1.54) is 31.4 Å². The number of Topliss-reactive ketones (excluding diaryl/α,β-unsaturated/α-hetero) is 1. The summed E-state index contributed by atoms with van der Waals surface area (Å²) in [5.41, 5.74) is -0.949. The van der Waals surface area contributed by atoms with Crippen LogP contribution in [-0.2, 0) is 6.18 Å². The maximum atomic E-state index is 12.7. The van der Waals surface area contributed by atoms with Crippen LogP contribution in [0.25, 0.3) is 0 Å². The van der Waals surface area contributed by atoms with Gasteiger partial charge in [-0.25, -0.2) is 4.79 Å². The fourth-order valence-corrected chi connectivity index (χ4v) is 2.87. The third-order valence-corrected chi connectivity index (χ3v) is 4.22. The van der Waals surface area contributed by atoms with Crippen LogP contribution in [0.15, 0.2) is 47.4 Å². The molecule has 0 saturated heterocycles. The number of hydrogen-bond acceptors (Lipinski definition) is 4. The highest BCUT2D eigenvalue weighted by Crippen LogP contribution is 2.30. The summed E-state index contributed by atoms with van der Waals surface area (Å²) in [6.45, 7) is 0. The lowest BCUT2D eigenvalue weighted by Crippen LogP contribution is -2.08. The molecule has 0 amide bonds. The Bertz CT molecular complexity index is 803. The smallest absolute Gasteiger partial charge is 0.416 e. The Hall–Kier alpha value is -2.48. The monoisotopic (exact) mass is 370 g/mol. The third kappa shape index (κ3) is 4.99. The standard InChI is InChI=1S/C17H13F3O4S/c1-24-13-6-11(16(22)23)7-14(8-13)25-9-15(21)10-3-2-4-12(5-10)17(18,19)20/h2-8H,9H2,1H3,(H,22,23). The van der Waals surface area contributed by atoms with E-state index in [0.717, 1.165) is 23.9 Å². The SMILES string of the molecule is COc1cc(SCC(=O)c2cccc(C(F)(F)F)c2)cc(C(=O)O)c1. The van der Waals surface area contributed by atoms with Crippen molar-refractivity contribution in [1.82, 2.24) is 0 Å². The molecule has 0 aromatic heterocycles. The molecule has 0 radical (unpaired) electrons. The van der Waals surface area contributed by atoms with Crippen LogP contribution in [0.5, 0.6) is 5.75 Å². The lowest BCUT2D eigenvalue weighted by Gasteiger charge is -2.09. The third-order valence-electron chi connectivity index (χ3n) is 3.24. The van der Waals surface area contributed by atoms with E-state index in [2.05, 4.69) is 0 Å². The summed E-state index contributed by atoms with van der Waals surface area (Å²) in [5.74, 6) is -1.46. The van der Waals surface area contributed by atoms with Crippen molar-refractivity contribution >= 4 is 23.5 Å². The predicted octanol–water partition coefficient (Wildman–Crippen LogP) is 4.39. The van der Waals surface area contributed by atoms with Crippen molar-refractivity contribution < 1.29 is 32.6 Å². The molecule has 2 rings (SSSR count). The van der Waals surface area contributed by atoms with Crippen molar-refractivity contribution in [3.05, 3.63) is 59.2 Å². The molecule has 0 aliphatic carbocycles. The Kier molecular flexibility index (Phi) is 5.73. The van der Waals surface area contributed by atoms with E-state index in [1.54, 1.807) is 6.07 Å². The van der Waals surface area contributed by atoms with Crippen molar-refractivity contribution in [2.24, 2.45) is 0 Å². The molecule has 0 bridgehead atoms. The van der Waals surface area contributed by atoms with Crippen molar-refractivity contribution in [1.29, 1.82) is 0 Å². The van der Waals surface area contributed by atoms with Crippen LogP contribution in [0, 0.1) is 0 Å². The minimum atomic E-state index is -4.52. The number of hydrogen-bond donors (Lipinski definition) is 1. The van der Waals surface area contributed by atoms with Gasteiger partial charge in [0.15, 0.2) is 5.78 Å². The number of carboxylic acid groups (broad SMARTS) is 1. The molecule has 8 heteroatoms. The Balaban J connectivity index is 2.15. The van der Waals surface area contributed by atoms with Gasteiger partial charge in [-0.2, -0.15) is 13.2 Å². The van der Waals surface area contributed by atoms with Crippen LogP contribution in [0.4, 0.5) is 13.2 Å². The van der Waals surface area contributed by atoms with E-state index < -0.39 is 23.5 Å². The number of alkyl halides is 3. The molecule has 0 fully saturated rings. The van der Waals surface area contributed by atoms with E-state index in [0.29, 0.717) is 10.6 Å². The first-order valence-electron chi connectivity index (χ1n) is 6.96. The molecule has 2 aromatic rings. The maximum Gasteiger partial charge on any atom is 0.416 e. The quantitative estimate of drug-likeness (QED) is 0.604. The highest BCUT2D eigenvalue weighted by atomic mass is 32.2. The average Bonchev–Trinajstić information content (AvgIpc) is 2.58. The van der Waals surface area contributed by atoms with Crippen molar-refractivity contribution in [2.75, 3.05) is 12.9 Å². The van der Waals surface area contributed by atoms with Gasteiger partial charge >= 0.3 is 12.1 Å². The molecule has 0 aliphatic heterocycles. The van der Waals surface area contributed by atoms with Gasteiger partial charge in [0, 0.05) is 10.5 Å². The molecular weight excluding hydrogens is 357 g/mol. The molecule has 0 spiro atoms. The number of benzene rings is 2. The minimum absolute atomic E-state index is 0.00614. The van der Waals surface area contributed by atoms with Gasteiger partial charge < -0.3 is 9.84 Å². The number of methoxy groups -OCH3 is 1. The van der Waals surface area contributed by atoms with Gasteiger partial charge in [0.25, 0.3) is 0 Å². The summed E-state index contributed by atoms with van der Waals surface area (Å²) in [6, 6.07) is 8.44. The molecule has 25 heavy (non-hydrogen) atoms. The molecule has 132 valence electrons. The Morgan fingerprint density at radius 3 is 2.44 bits per heavy atom. The Morgan fingerprint density at radius 2 is 1.84 bits per heavy atom. The summed E-state index contributed by atoms with van der Waals surface area (Å²) in [6.07, 6.45) is -4.52. The summed E-state index contributed by atoms with van der Waals surface area (Å²) in [7, 11) is 1.38. The number of ketones is 1. The molecule has 2 aromatic carbocycles. The number of rotatable bonds is 6. The summed E-state index contributed by atoms with van der Waals surface area (Å²) < 4.78 is 43.1. The molecular formula is C17H13F3O4S. The van der Waals surface area contributed by atoms with Crippen LogP contribution in [0.1, 0.15) is 26.3 Å². The normalized spacial score (nSPS) is 11.2. The zero-order valence-electron chi connectivity index (χ0n) is 13.0. The number of ether oxygens (including phenoxy) is 1. The van der Waals surface area contributed by atoms with Crippen molar-refractivity contribution in [3.63, 3.8) is 0 Å². The second kappa shape index (κ2) is 7.60. The molecule has 4 nitrogen and oxygen atoms in total. The van der Waals surface area contributed by atoms with E-state index in [1.807, 2.05) is 0 Å².